The highest BCUT2D eigenvalue weighted by molar-refractivity contribution is 6.19. The molecule has 3 nitrogen and oxygen atoms in total. The van der Waals surface area contributed by atoms with E-state index in [0.717, 1.165) is 47.5 Å². The van der Waals surface area contributed by atoms with E-state index in [-0.39, 0.29) is 22.2 Å². The zero-order chi connectivity index (χ0) is 68.4. The lowest BCUT2D eigenvalue weighted by atomic mass is 9.68. The molecule has 1 aromatic heterocycles. The fourth-order valence-electron chi connectivity index (χ4n) is 19.7. The molecule has 0 fully saturated rings. The molecule has 0 radical (unpaired) electrons. The SMILES string of the molecule is CCCCCCCCCC1(CCCCCCCC)c2cc(N(c3ccc4c(c3)C(C)(C)c3cc(-c5ccc(C)cc5)c5oc6ccccc6c5c3-4)c3c(C)cc(C)cc3C)ccc2-c2cc3c(cc21)-c1c(ccc2c1C1CC=CC=C1O2)C3(CCCCCCCC)CCCCCCCC. The first-order valence-corrected chi connectivity index (χ1v) is 40.0. The number of allylic oxidation sites excluding steroid dienone is 4. The highest BCUT2D eigenvalue weighted by Crippen LogP contribution is 2.65. The monoisotopic (exact) mass is 1310 g/mol. The number of para-hydroxylation sites is 1. The summed E-state index contributed by atoms with van der Waals surface area (Å²) in [5.41, 5.74) is 32.0. The zero-order valence-electron chi connectivity index (χ0n) is 62.4. The highest BCUT2D eigenvalue weighted by atomic mass is 16.5. The Bertz CT molecular complexity index is 4420. The number of hydrogen-bond acceptors (Lipinski definition) is 3. The van der Waals surface area contributed by atoms with Crippen molar-refractivity contribution in [3.05, 3.63) is 213 Å². The van der Waals surface area contributed by atoms with E-state index in [1.54, 1.807) is 27.8 Å². The van der Waals surface area contributed by atoms with E-state index in [2.05, 4.69) is 220 Å². The number of nitrogens with zero attached hydrogens (tertiary/aromatic N) is 1. The largest absolute Gasteiger partial charge is 0.461 e. The van der Waals surface area contributed by atoms with Crippen LogP contribution in [-0.2, 0) is 16.2 Å². The Morgan fingerprint density at radius 2 is 0.949 bits per heavy atom. The maximum absolute atomic E-state index is 7.01. The third-order valence-electron chi connectivity index (χ3n) is 24.8. The van der Waals surface area contributed by atoms with Crippen LogP contribution in [0.2, 0.25) is 0 Å². The average molecular weight is 1310 g/mol. The van der Waals surface area contributed by atoms with Crippen LogP contribution < -0.4 is 9.64 Å². The maximum atomic E-state index is 7.01. The van der Waals surface area contributed by atoms with Gasteiger partial charge in [0.2, 0.25) is 0 Å². The molecule has 0 bridgehead atoms. The second kappa shape index (κ2) is 29.7. The molecule has 1 aliphatic heterocycles. The molecule has 2 atom stereocenters. The number of furan rings is 1. The predicted octanol–water partition coefficient (Wildman–Crippen LogP) is 29.5. The summed E-state index contributed by atoms with van der Waals surface area (Å²) in [5.74, 6) is 2.49. The molecule has 9 aromatic rings. The summed E-state index contributed by atoms with van der Waals surface area (Å²) in [6.45, 7) is 23.6. The molecule has 4 aliphatic carbocycles. The molecule has 0 spiro atoms. The van der Waals surface area contributed by atoms with E-state index < -0.39 is 0 Å². The summed E-state index contributed by atoms with van der Waals surface area (Å²) in [5, 5.41) is 2.41. The van der Waals surface area contributed by atoms with E-state index in [1.807, 2.05) is 0 Å². The molecule has 5 aliphatic rings. The van der Waals surface area contributed by atoms with Crippen LogP contribution >= 0.6 is 0 Å². The molecule has 0 amide bonds. The van der Waals surface area contributed by atoms with E-state index in [9.17, 15) is 0 Å². The number of fused-ring (bicyclic) bond motifs is 17. The minimum Gasteiger partial charge on any atom is -0.461 e. The Balaban J connectivity index is 0.970. The van der Waals surface area contributed by atoms with Crippen molar-refractivity contribution >= 4 is 39.0 Å². The van der Waals surface area contributed by atoms with Crippen LogP contribution in [0.3, 0.4) is 0 Å². The fraction of sp³-hybridized carbons (Fsp3) is 0.458. The third kappa shape index (κ3) is 12.7. The van der Waals surface area contributed by atoms with Gasteiger partial charge in [0.25, 0.3) is 0 Å². The number of ether oxygens (including phenoxy) is 1. The second-order valence-corrected chi connectivity index (χ2v) is 32.0. The van der Waals surface area contributed by atoms with E-state index in [1.165, 1.54) is 274 Å². The van der Waals surface area contributed by atoms with Crippen molar-refractivity contribution in [3.63, 3.8) is 0 Å². The van der Waals surface area contributed by atoms with Gasteiger partial charge < -0.3 is 14.1 Å². The summed E-state index contributed by atoms with van der Waals surface area (Å²) in [6.07, 6.45) is 45.2. The molecule has 2 heterocycles. The van der Waals surface area contributed by atoms with Crippen LogP contribution in [0.15, 0.2) is 156 Å². The first kappa shape index (κ1) is 68.8. The van der Waals surface area contributed by atoms with Crippen LogP contribution in [-0.4, -0.2) is 0 Å². The molecule has 516 valence electrons. The van der Waals surface area contributed by atoms with Crippen molar-refractivity contribution in [2.75, 3.05) is 4.90 Å². The topological polar surface area (TPSA) is 25.6 Å². The smallest absolute Gasteiger partial charge is 0.143 e. The first-order valence-electron chi connectivity index (χ1n) is 40.0. The molecular formula is C96H115NO2. The molecule has 0 N–H and O–H groups in total. The minimum atomic E-state index is -0.311. The summed E-state index contributed by atoms with van der Waals surface area (Å²) >= 11 is 0. The molecule has 0 saturated carbocycles. The Labute approximate surface area is 596 Å². The van der Waals surface area contributed by atoms with Crippen LogP contribution in [0.5, 0.6) is 5.75 Å². The van der Waals surface area contributed by atoms with Crippen molar-refractivity contribution in [3.8, 4) is 50.3 Å². The van der Waals surface area contributed by atoms with Crippen molar-refractivity contribution in [2.45, 2.75) is 284 Å². The Kier molecular flexibility index (Phi) is 20.6. The quantitative estimate of drug-likeness (QED) is 0.0383. The van der Waals surface area contributed by atoms with Gasteiger partial charge in [0.15, 0.2) is 0 Å². The van der Waals surface area contributed by atoms with Gasteiger partial charge in [-0.15, -0.1) is 0 Å². The molecule has 99 heavy (non-hydrogen) atoms. The number of aryl methyl sites for hydroxylation is 4. The standard InChI is InChI=1S/C96H115NO2/c1-11-15-19-23-27-31-39-57-96(56-38-30-26-22-18-14-4)81-61-71(48-50-72(81)77-63-83-78(64-82(77)96)89-79(52-53-87-90(89)74-40-32-34-42-85(74)98-87)95(83,54-36-28-24-20-16-12-2)55-37-29-25-21-17-13-3)97(92-67(7)58-66(6)59-68(92)8)70-49-51-73-80(60-70)94(9,10)84-62-76(69-46-44-65(5)45-47-69)93-91(88(73)84)75-41-33-35-43-86(75)99-93/h32-35,41-53,58-64,74H,11-31,36-40,54-57H2,1-10H3. The molecule has 3 heteroatoms. The van der Waals surface area contributed by atoms with E-state index in [4.69, 9.17) is 9.15 Å². The first-order chi connectivity index (χ1) is 48.3. The van der Waals surface area contributed by atoms with Crippen LogP contribution in [0.1, 0.15) is 301 Å². The summed E-state index contributed by atoms with van der Waals surface area (Å²) < 4.78 is 14.0. The maximum Gasteiger partial charge on any atom is 0.143 e. The van der Waals surface area contributed by atoms with Crippen molar-refractivity contribution in [1.29, 1.82) is 0 Å². The van der Waals surface area contributed by atoms with Gasteiger partial charge in [-0.1, -0.05) is 298 Å². The van der Waals surface area contributed by atoms with Crippen molar-refractivity contribution in [2.24, 2.45) is 0 Å². The minimum absolute atomic E-state index is 0.0681. The predicted molar refractivity (Wildman–Crippen MR) is 425 cm³/mol. The average Bonchev–Trinajstić information content (AvgIpc) is 1.53. The summed E-state index contributed by atoms with van der Waals surface area (Å²) in [7, 11) is 0. The normalized spacial score (nSPS) is 16.9. The Morgan fingerprint density at radius 3 is 1.56 bits per heavy atom. The number of unbranched alkanes of at least 4 members (excludes halogenated alkanes) is 21. The number of benzene rings is 8. The second-order valence-electron chi connectivity index (χ2n) is 32.0. The van der Waals surface area contributed by atoms with Gasteiger partial charge in [0.1, 0.15) is 22.7 Å². The van der Waals surface area contributed by atoms with Gasteiger partial charge in [-0.3, -0.25) is 0 Å². The molecule has 14 rings (SSSR count). The van der Waals surface area contributed by atoms with Crippen LogP contribution in [0, 0.1) is 27.7 Å². The van der Waals surface area contributed by atoms with Gasteiger partial charge >= 0.3 is 0 Å². The van der Waals surface area contributed by atoms with Crippen molar-refractivity contribution < 1.29 is 9.15 Å². The Morgan fingerprint density at radius 1 is 0.434 bits per heavy atom. The summed E-state index contributed by atoms with van der Waals surface area (Å²) in [6, 6.07) is 51.4. The highest BCUT2D eigenvalue weighted by Gasteiger charge is 2.51. The van der Waals surface area contributed by atoms with E-state index in [0.29, 0.717) is 0 Å². The van der Waals surface area contributed by atoms with Gasteiger partial charge in [0, 0.05) is 55.4 Å². The van der Waals surface area contributed by atoms with E-state index >= 15 is 0 Å². The zero-order valence-corrected chi connectivity index (χ0v) is 62.4. The van der Waals surface area contributed by atoms with Gasteiger partial charge in [0.05, 0.1) is 5.69 Å². The number of anilines is 3. The lowest BCUT2D eigenvalue weighted by molar-refractivity contribution is 0.394. The van der Waals surface area contributed by atoms with Gasteiger partial charge in [-0.25, -0.2) is 0 Å². The number of hydrogen-bond donors (Lipinski definition) is 0. The van der Waals surface area contributed by atoms with Gasteiger partial charge in [-0.05, 0) is 204 Å². The lowest BCUT2D eigenvalue weighted by Gasteiger charge is -2.35. The summed E-state index contributed by atoms with van der Waals surface area (Å²) in [4.78, 5) is 2.70. The molecule has 0 saturated heterocycles. The lowest BCUT2D eigenvalue weighted by Crippen LogP contribution is -2.27. The molecule has 8 aromatic carbocycles. The van der Waals surface area contributed by atoms with Crippen LogP contribution in [0.4, 0.5) is 17.1 Å². The Hall–Kier alpha value is -7.36. The van der Waals surface area contributed by atoms with Crippen LogP contribution in [0.25, 0.3) is 66.4 Å². The van der Waals surface area contributed by atoms with Gasteiger partial charge in [-0.2, -0.15) is 0 Å². The third-order valence-corrected chi connectivity index (χ3v) is 24.8. The fourth-order valence-corrected chi connectivity index (χ4v) is 19.7. The van der Waals surface area contributed by atoms with Crippen molar-refractivity contribution in [1.82, 2.24) is 0 Å². The number of rotatable bonds is 33. The molecular weight excluding hydrogens is 1200 g/mol. The molecule has 2 unspecified atom stereocenters.